The zero-order valence-corrected chi connectivity index (χ0v) is 61.9. The minimum Gasteiger partial charge on any atom is -0.0622 e. The third-order valence-corrected chi connectivity index (χ3v) is 17.0. The molecule has 0 aliphatic heterocycles. The van der Waals surface area contributed by atoms with Gasteiger partial charge in [0, 0.05) is 0 Å². The number of hydrogen-bond acceptors (Lipinski definition) is 0. The molecular formula is C94H116. The number of benzene rings is 10. The Morgan fingerprint density at radius 3 is 0.798 bits per heavy atom. The van der Waals surface area contributed by atoms with Gasteiger partial charge < -0.3 is 0 Å². The quantitative estimate of drug-likeness (QED) is 0.156. The molecule has 0 amide bonds. The fourth-order valence-electron chi connectivity index (χ4n) is 11.8. The van der Waals surface area contributed by atoms with E-state index in [4.69, 9.17) is 17.8 Å². The molecule has 10 aromatic rings. The summed E-state index contributed by atoms with van der Waals surface area (Å²) in [7, 11) is 0. The van der Waals surface area contributed by atoms with Crippen molar-refractivity contribution in [3.05, 3.63) is 286 Å². The molecule has 10 rings (SSSR count). The van der Waals surface area contributed by atoms with E-state index in [1.807, 2.05) is 53.7 Å². The monoisotopic (exact) mass is 1260 g/mol. The first-order chi connectivity index (χ1) is 49.0. The van der Waals surface area contributed by atoms with E-state index in [-0.39, 0.29) is 110 Å². The zero-order chi connectivity index (χ0) is 80.9. The summed E-state index contributed by atoms with van der Waals surface area (Å²) < 4.78 is 109. The van der Waals surface area contributed by atoms with Crippen molar-refractivity contribution in [1.29, 1.82) is 0 Å². The Labute approximate surface area is 591 Å². The highest BCUT2D eigenvalue weighted by molar-refractivity contribution is 5.83. The van der Waals surface area contributed by atoms with Crippen molar-refractivity contribution >= 4 is 0 Å². The molecule has 0 saturated carbocycles. The first-order valence-corrected chi connectivity index (χ1v) is 33.5. The van der Waals surface area contributed by atoms with E-state index >= 15 is 0 Å². The van der Waals surface area contributed by atoms with E-state index in [2.05, 4.69) is 264 Å². The van der Waals surface area contributed by atoms with Crippen LogP contribution in [0.1, 0.15) is 240 Å². The van der Waals surface area contributed by atoms with Crippen LogP contribution in [-0.2, 0) is 43.3 Å². The lowest BCUT2D eigenvalue weighted by Crippen LogP contribution is -2.18. The van der Waals surface area contributed by atoms with Gasteiger partial charge >= 0.3 is 0 Å². The largest absolute Gasteiger partial charge is 0.0632 e. The second kappa shape index (κ2) is 29.0. The van der Waals surface area contributed by atoms with E-state index in [0.717, 1.165) is 22.3 Å². The van der Waals surface area contributed by atoms with Gasteiger partial charge in [-0.15, -0.1) is 0 Å². The molecule has 0 unspecified atom stereocenters. The highest BCUT2D eigenvalue weighted by Gasteiger charge is 2.30. The van der Waals surface area contributed by atoms with Crippen LogP contribution in [0.5, 0.6) is 0 Å². The van der Waals surface area contributed by atoms with Gasteiger partial charge in [-0.1, -0.05) is 408 Å². The topological polar surface area (TPSA) is 0 Å². The van der Waals surface area contributed by atoms with Gasteiger partial charge in [-0.3, -0.25) is 0 Å². The fraction of sp³-hybridized carbons (Fsp3) is 0.362. The van der Waals surface area contributed by atoms with Gasteiger partial charge in [-0.05, 0) is 168 Å². The molecule has 0 fully saturated rings. The standard InChI is InChI=1S/C27H32.C26H30.C21H28.C20H26/c1-19-12-11-15-21(16-19)24-18-22(26(2,3)4)17-23(25(24)27(5,6)7)20-13-9-8-10-14-20;1-25(2,3)21-17-22(19-13-9-7-10-14-19)24(26(4,5)6)23(18-21)20-15-11-8-12-16-20;1-15-9-8-10-16(13-15)18-14-17(20(2,3)4)11-12-19(18)21(5,6)7;1-19(2,3)16-12-13-18(20(4,5)6)17(14-16)15-10-8-7-9-11-15/h8-18H,1-7H3;7-18H,1-6H3;8-14H,1-7H3;7-14H,1-6H3/i8D,9D,10D,11D,12D,13D,14D,15D,16D;;8D,9D,10D,13D;. The van der Waals surface area contributed by atoms with Crippen molar-refractivity contribution in [2.24, 2.45) is 0 Å². The molecule has 94 heavy (non-hydrogen) atoms. The maximum absolute atomic E-state index is 8.81. The van der Waals surface area contributed by atoms with Crippen molar-refractivity contribution in [2.45, 2.75) is 223 Å². The molecule has 0 aliphatic rings. The molecule has 10 aromatic carbocycles. The molecular weight excluding hydrogens is 1130 g/mol. The highest BCUT2D eigenvalue weighted by atomic mass is 14.3. The summed E-state index contributed by atoms with van der Waals surface area (Å²) in [6, 6.07) is 51.5. The maximum atomic E-state index is 8.81. The summed E-state index contributed by atoms with van der Waals surface area (Å²) in [6.45, 7) is 55.3. The van der Waals surface area contributed by atoms with Gasteiger partial charge in [0.25, 0.3) is 0 Å². The Bertz CT molecular complexity index is 4650. The second-order valence-corrected chi connectivity index (χ2v) is 33.5. The summed E-state index contributed by atoms with van der Waals surface area (Å²) >= 11 is 0. The lowest BCUT2D eigenvalue weighted by Gasteiger charge is -2.30. The molecule has 0 spiro atoms. The van der Waals surface area contributed by atoms with Crippen LogP contribution >= 0.6 is 0 Å². The van der Waals surface area contributed by atoms with Gasteiger partial charge in [0.1, 0.15) is 0 Å². The number of hydrogen-bond donors (Lipinski definition) is 0. The normalized spacial score (nSPS) is 14.3. The summed E-state index contributed by atoms with van der Waals surface area (Å²) in [5, 5.41) is 0. The Hall–Kier alpha value is -7.80. The molecule has 492 valence electrons. The lowest BCUT2D eigenvalue weighted by atomic mass is 9.74. The summed E-state index contributed by atoms with van der Waals surface area (Å²) in [4.78, 5) is 0. The molecule has 0 nitrogen and oxygen atoms in total. The maximum Gasteiger partial charge on any atom is 0.0632 e. The van der Waals surface area contributed by atoms with Crippen LogP contribution in [0.3, 0.4) is 0 Å². The molecule has 0 aromatic heterocycles. The average molecular weight is 1260 g/mol. The predicted molar refractivity (Wildman–Crippen MR) is 417 cm³/mol. The minimum absolute atomic E-state index is 0.0235. The van der Waals surface area contributed by atoms with Crippen LogP contribution in [0.15, 0.2) is 230 Å². The SMILES string of the molecule is CC(C)(C)c1cc(-c2ccccc2)c(C(C)(C)C)c(-c2ccccc2)c1.CC(C)(C)c1ccc(C(C)(C)C)c(-c2ccccc2)c1.[2H]c1c([2H])c(C)c([2H])c(-c2cc(C(C)(C)C)ccc2C(C)(C)C)c1[2H].[2H]c1c([2H])c([2H])c(-c2cc(C(C)(C)C)cc(-c3c([2H])c([2H])c([2H])c(C)c3[2H])c2C(C)(C)C)c([2H])c1[2H]. The Morgan fingerprint density at radius 2 is 0.489 bits per heavy atom. The molecule has 0 radical (unpaired) electrons. The highest BCUT2D eigenvalue weighted by Crippen LogP contribution is 2.46. The Morgan fingerprint density at radius 1 is 0.223 bits per heavy atom. The van der Waals surface area contributed by atoms with Crippen molar-refractivity contribution in [1.82, 2.24) is 0 Å². The van der Waals surface area contributed by atoms with Crippen molar-refractivity contribution in [3.63, 3.8) is 0 Å². The van der Waals surface area contributed by atoms with E-state index in [1.54, 1.807) is 13.8 Å². The summed E-state index contributed by atoms with van der Waals surface area (Å²) in [5.74, 6) is 0. The Kier molecular flexibility index (Phi) is 17.5. The van der Waals surface area contributed by atoms with Crippen LogP contribution in [0.25, 0.3) is 66.8 Å². The first-order valence-electron chi connectivity index (χ1n) is 40.0. The van der Waals surface area contributed by atoms with E-state index in [0.29, 0.717) is 27.8 Å². The van der Waals surface area contributed by atoms with Crippen LogP contribution < -0.4 is 0 Å². The zero-order valence-electron chi connectivity index (χ0n) is 74.9. The van der Waals surface area contributed by atoms with E-state index in [1.165, 1.54) is 55.6 Å². The van der Waals surface area contributed by atoms with Crippen molar-refractivity contribution in [2.75, 3.05) is 0 Å². The van der Waals surface area contributed by atoms with Crippen molar-refractivity contribution in [3.8, 4) is 66.8 Å². The first kappa shape index (κ1) is 56.5. The van der Waals surface area contributed by atoms with Crippen LogP contribution in [0.4, 0.5) is 0 Å². The molecule has 0 heterocycles. The van der Waals surface area contributed by atoms with E-state index in [9.17, 15) is 0 Å². The van der Waals surface area contributed by atoms with Crippen LogP contribution in [-0.4, -0.2) is 0 Å². The molecule has 0 heteroatoms. The third-order valence-electron chi connectivity index (χ3n) is 17.0. The summed E-state index contributed by atoms with van der Waals surface area (Å²) in [5.41, 5.74) is 19.7. The smallest absolute Gasteiger partial charge is 0.0622 e. The Balaban J connectivity index is 0.000000203. The van der Waals surface area contributed by atoms with Gasteiger partial charge in [-0.2, -0.15) is 0 Å². The van der Waals surface area contributed by atoms with Gasteiger partial charge in [0.2, 0.25) is 0 Å². The fourth-order valence-corrected chi connectivity index (χ4v) is 11.8. The van der Waals surface area contributed by atoms with E-state index < -0.39 is 29.0 Å². The van der Waals surface area contributed by atoms with Crippen LogP contribution in [0.2, 0.25) is 0 Å². The minimum atomic E-state index is -0.626. The third kappa shape index (κ3) is 19.2. The predicted octanol–water partition coefficient (Wildman–Crippen LogP) is 27.7. The average Bonchev–Trinajstić information content (AvgIpc) is 0.726. The summed E-state index contributed by atoms with van der Waals surface area (Å²) in [6.07, 6.45) is 0. The molecule has 0 saturated heterocycles. The van der Waals surface area contributed by atoms with Crippen molar-refractivity contribution < 1.29 is 17.8 Å². The van der Waals surface area contributed by atoms with Gasteiger partial charge in [0.15, 0.2) is 0 Å². The second-order valence-electron chi connectivity index (χ2n) is 33.5. The van der Waals surface area contributed by atoms with Gasteiger partial charge in [0.05, 0.1) is 17.8 Å². The lowest BCUT2D eigenvalue weighted by molar-refractivity contribution is 0.578. The molecule has 0 bridgehead atoms. The van der Waals surface area contributed by atoms with Gasteiger partial charge in [-0.25, -0.2) is 0 Å². The molecule has 0 N–H and O–H groups in total. The molecule has 0 aliphatic carbocycles. The molecule has 0 atom stereocenters. The number of rotatable bonds is 6. The van der Waals surface area contributed by atoms with Crippen LogP contribution in [0, 0.1) is 13.8 Å².